The Morgan fingerprint density at radius 2 is 2.16 bits per heavy atom. The van der Waals surface area contributed by atoms with Gasteiger partial charge in [0.15, 0.2) is 5.09 Å². The number of carbonyl (C=O) groups excluding carboxylic acids is 1. The largest absolute Gasteiger partial charge is 0.450 e. The molecule has 1 saturated heterocycles. The summed E-state index contributed by atoms with van der Waals surface area (Å²) >= 11 is 1.48. The Labute approximate surface area is 150 Å². The molecule has 1 amide bonds. The second kappa shape index (κ2) is 8.56. The van der Waals surface area contributed by atoms with Crippen molar-refractivity contribution in [3.63, 3.8) is 0 Å². The number of hydrogen-bond acceptors (Lipinski definition) is 5. The summed E-state index contributed by atoms with van der Waals surface area (Å²) in [7, 11) is 0. The molecule has 6 heteroatoms. The van der Waals surface area contributed by atoms with E-state index < -0.39 is 5.91 Å². The molecular weight excluding hydrogens is 336 g/mol. The highest BCUT2D eigenvalue weighted by Gasteiger charge is 2.18. The number of furan rings is 1. The summed E-state index contributed by atoms with van der Waals surface area (Å²) in [4.78, 5) is 13.2. The van der Waals surface area contributed by atoms with Crippen molar-refractivity contribution in [3.05, 3.63) is 53.8 Å². The van der Waals surface area contributed by atoms with Gasteiger partial charge in [0, 0.05) is 24.1 Å². The SMILES string of the molecule is N#C/C(=C\c1ccc(Sc2ccccc2)o1)C(=O)NCC1CCCO1. The van der Waals surface area contributed by atoms with E-state index in [4.69, 9.17) is 9.15 Å². The van der Waals surface area contributed by atoms with E-state index in [0.717, 1.165) is 24.3 Å². The minimum absolute atomic E-state index is 0.0172. The molecule has 0 radical (unpaired) electrons. The Morgan fingerprint density at radius 3 is 2.88 bits per heavy atom. The monoisotopic (exact) mass is 354 g/mol. The molecule has 1 fully saturated rings. The molecule has 0 aliphatic carbocycles. The molecule has 25 heavy (non-hydrogen) atoms. The number of benzene rings is 1. The van der Waals surface area contributed by atoms with E-state index in [1.807, 2.05) is 42.5 Å². The van der Waals surface area contributed by atoms with Gasteiger partial charge in [0.2, 0.25) is 0 Å². The van der Waals surface area contributed by atoms with Crippen molar-refractivity contribution in [2.24, 2.45) is 0 Å². The third-order valence-corrected chi connectivity index (χ3v) is 4.66. The first-order chi connectivity index (χ1) is 12.2. The van der Waals surface area contributed by atoms with E-state index in [9.17, 15) is 10.1 Å². The molecule has 1 aliphatic rings. The molecule has 5 nitrogen and oxygen atoms in total. The number of carbonyl (C=O) groups is 1. The molecule has 1 unspecified atom stereocenters. The van der Waals surface area contributed by atoms with Gasteiger partial charge in [-0.25, -0.2) is 0 Å². The predicted octanol–water partition coefficient (Wildman–Crippen LogP) is 3.63. The van der Waals surface area contributed by atoms with Gasteiger partial charge in [0.05, 0.1) is 6.10 Å². The smallest absolute Gasteiger partial charge is 0.262 e. The maximum atomic E-state index is 12.1. The Balaban J connectivity index is 1.61. The first kappa shape index (κ1) is 17.3. The first-order valence-corrected chi connectivity index (χ1v) is 8.90. The topological polar surface area (TPSA) is 75.3 Å². The van der Waals surface area contributed by atoms with Gasteiger partial charge in [-0.3, -0.25) is 4.79 Å². The summed E-state index contributed by atoms with van der Waals surface area (Å²) in [5.74, 6) is 0.0638. The van der Waals surface area contributed by atoms with Crippen LogP contribution in [-0.2, 0) is 9.53 Å². The number of rotatable bonds is 6. The molecule has 2 aromatic rings. The summed E-state index contributed by atoms with van der Waals surface area (Å²) in [6.07, 6.45) is 3.45. The number of nitrogens with one attached hydrogen (secondary N) is 1. The van der Waals surface area contributed by atoms with E-state index in [1.54, 1.807) is 6.07 Å². The molecule has 1 aromatic heterocycles. The summed E-state index contributed by atoms with van der Waals surface area (Å²) in [6, 6.07) is 15.3. The third kappa shape index (κ3) is 4.99. The molecule has 3 rings (SSSR count). The average molecular weight is 354 g/mol. The Morgan fingerprint density at radius 1 is 1.32 bits per heavy atom. The standard InChI is InChI=1S/C19H18N2O3S/c20-12-14(19(22)21-13-16-5-4-10-23-16)11-15-8-9-18(24-15)25-17-6-2-1-3-7-17/h1-3,6-9,11,16H,4-5,10,13H2,(H,21,22)/b14-11+. The molecule has 1 N–H and O–H groups in total. The molecule has 0 bridgehead atoms. The van der Waals surface area contributed by atoms with E-state index in [1.165, 1.54) is 17.8 Å². The second-order valence-electron chi connectivity index (χ2n) is 5.59. The normalized spacial score (nSPS) is 17.2. The number of hydrogen-bond donors (Lipinski definition) is 1. The number of nitrogens with zero attached hydrogens (tertiary/aromatic N) is 1. The Bertz CT molecular complexity index is 787. The van der Waals surface area contributed by atoms with Crippen LogP contribution in [0.5, 0.6) is 0 Å². The molecule has 0 saturated carbocycles. The number of amides is 1. The second-order valence-corrected chi connectivity index (χ2v) is 6.66. The number of nitriles is 1. The van der Waals surface area contributed by atoms with Crippen LogP contribution < -0.4 is 5.32 Å². The van der Waals surface area contributed by atoms with Crippen LogP contribution in [0.25, 0.3) is 6.08 Å². The lowest BCUT2D eigenvalue weighted by Gasteiger charge is -2.09. The zero-order valence-electron chi connectivity index (χ0n) is 13.6. The lowest BCUT2D eigenvalue weighted by Crippen LogP contribution is -2.32. The van der Waals surface area contributed by atoms with Crippen molar-refractivity contribution < 1.29 is 13.9 Å². The number of ether oxygens (including phenoxy) is 1. The summed E-state index contributed by atoms with van der Waals surface area (Å²) in [6.45, 7) is 1.15. The minimum Gasteiger partial charge on any atom is -0.450 e. The maximum Gasteiger partial charge on any atom is 0.262 e. The van der Waals surface area contributed by atoms with E-state index in [-0.39, 0.29) is 11.7 Å². The van der Waals surface area contributed by atoms with Crippen LogP contribution >= 0.6 is 11.8 Å². The lowest BCUT2D eigenvalue weighted by atomic mass is 10.2. The molecule has 1 atom stereocenters. The van der Waals surface area contributed by atoms with Crippen molar-refractivity contribution in [3.8, 4) is 6.07 Å². The molecular formula is C19H18N2O3S. The van der Waals surface area contributed by atoms with E-state index in [2.05, 4.69) is 5.32 Å². The highest BCUT2D eigenvalue weighted by Crippen LogP contribution is 2.29. The molecule has 128 valence electrons. The van der Waals surface area contributed by atoms with Crippen LogP contribution in [0.1, 0.15) is 18.6 Å². The van der Waals surface area contributed by atoms with Crippen molar-refractivity contribution in [1.29, 1.82) is 5.26 Å². The van der Waals surface area contributed by atoms with Gasteiger partial charge >= 0.3 is 0 Å². The van der Waals surface area contributed by atoms with E-state index >= 15 is 0 Å². The van der Waals surface area contributed by atoms with Crippen LogP contribution in [0.3, 0.4) is 0 Å². The predicted molar refractivity (Wildman–Crippen MR) is 94.8 cm³/mol. The fourth-order valence-corrected chi connectivity index (χ4v) is 3.27. The van der Waals surface area contributed by atoms with Gasteiger partial charge in [-0.1, -0.05) is 30.0 Å². The summed E-state index contributed by atoms with van der Waals surface area (Å²) in [5, 5.41) is 12.7. The lowest BCUT2D eigenvalue weighted by molar-refractivity contribution is -0.117. The minimum atomic E-state index is -0.410. The van der Waals surface area contributed by atoms with Crippen LogP contribution in [-0.4, -0.2) is 25.2 Å². The third-order valence-electron chi connectivity index (χ3n) is 3.73. The summed E-state index contributed by atoms with van der Waals surface area (Å²) < 4.78 is 11.1. The first-order valence-electron chi connectivity index (χ1n) is 8.09. The maximum absolute atomic E-state index is 12.1. The molecule has 1 aromatic carbocycles. The van der Waals surface area contributed by atoms with Gasteiger partial charge in [-0.2, -0.15) is 5.26 Å². The van der Waals surface area contributed by atoms with Gasteiger partial charge in [-0.05, 0) is 37.1 Å². The quantitative estimate of drug-likeness (QED) is 0.633. The highest BCUT2D eigenvalue weighted by molar-refractivity contribution is 7.99. The zero-order chi connectivity index (χ0) is 17.5. The average Bonchev–Trinajstić information content (AvgIpc) is 3.30. The van der Waals surface area contributed by atoms with Gasteiger partial charge in [0.25, 0.3) is 5.91 Å². The van der Waals surface area contributed by atoms with Gasteiger partial charge < -0.3 is 14.5 Å². The fraction of sp³-hybridized carbons (Fsp3) is 0.263. The summed E-state index contributed by atoms with van der Waals surface area (Å²) in [5.41, 5.74) is 0.0172. The Hall–Kier alpha value is -2.49. The van der Waals surface area contributed by atoms with Gasteiger partial charge in [0.1, 0.15) is 17.4 Å². The fourth-order valence-electron chi connectivity index (χ4n) is 2.47. The van der Waals surface area contributed by atoms with Crippen LogP contribution in [0, 0.1) is 11.3 Å². The van der Waals surface area contributed by atoms with Gasteiger partial charge in [-0.15, -0.1) is 0 Å². The van der Waals surface area contributed by atoms with E-state index in [0.29, 0.717) is 17.4 Å². The van der Waals surface area contributed by atoms with Crippen LogP contribution in [0.15, 0.2) is 62.4 Å². The van der Waals surface area contributed by atoms with Crippen LogP contribution in [0.4, 0.5) is 0 Å². The molecule has 2 heterocycles. The van der Waals surface area contributed by atoms with Crippen molar-refractivity contribution >= 4 is 23.7 Å². The molecule has 0 spiro atoms. The van der Waals surface area contributed by atoms with Crippen molar-refractivity contribution in [2.45, 2.75) is 28.9 Å². The highest BCUT2D eigenvalue weighted by atomic mass is 32.2. The van der Waals surface area contributed by atoms with Crippen molar-refractivity contribution in [1.82, 2.24) is 5.32 Å². The van der Waals surface area contributed by atoms with Crippen molar-refractivity contribution in [2.75, 3.05) is 13.2 Å². The molecule has 1 aliphatic heterocycles. The zero-order valence-corrected chi connectivity index (χ0v) is 14.4. The van der Waals surface area contributed by atoms with Crippen LogP contribution in [0.2, 0.25) is 0 Å². The Kier molecular flexibility index (Phi) is 5.94.